The van der Waals surface area contributed by atoms with Crippen LogP contribution in [0.25, 0.3) is 6.08 Å². The molecule has 1 aromatic carbocycles. The van der Waals surface area contributed by atoms with E-state index in [4.69, 9.17) is 5.11 Å². The third-order valence-electron chi connectivity index (χ3n) is 4.19. The first-order valence-electron chi connectivity index (χ1n) is 8.98. The number of benzene rings is 1. The molecule has 4 N–H and O–H groups in total. The number of rotatable bonds is 12. The Balaban J connectivity index is 2.67. The molecule has 25 heavy (non-hydrogen) atoms. The summed E-state index contributed by atoms with van der Waals surface area (Å²) in [6.07, 6.45) is 5.04. The fourth-order valence-corrected chi connectivity index (χ4v) is 2.67. The summed E-state index contributed by atoms with van der Waals surface area (Å²) in [6.45, 7) is 2.08. The third kappa shape index (κ3) is 8.29. The number of carboxylic acids is 1. The van der Waals surface area contributed by atoms with Gasteiger partial charge in [-0.1, -0.05) is 62.6 Å². The van der Waals surface area contributed by atoms with Gasteiger partial charge in [-0.15, -0.1) is 0 Å². The van der Waals surface area contributed by atoms with Crippen LogP contribution in [-0.4, -0.2) is 38.6 Å². The first-order valence-corrected chi connectivity index (χ1v) is 8.98. The molecule has 0 unspecified atom stereocenters. The molecule has 140 valence electrons. The number of aliphatic hydroxyl groups excluding tert-OH is 3. The molecule has 0 spiro atoms. The van der Waals surface area contributed by atoms with Crippen molar-refractivity contribution in [2.45, 2.75) is 70.2 Å². The maximum Gasteiger partial charge on any atom is 0.303 e. The second-order valence-electron chi connectivity index (χ2n) is 6.34. The summed E-state index contributed by atoms with van der Waals surface area (Å²) in [5.74, 6) is -0.874. The summed E-state index contributed by atoms with van der Waals surface area (Å²) in [5.41, 5.74) is 1.45. The van der Waals surface area contributed by atoms with E-state index >= 15 is 0 Å². The van der Waals surface area contributed by atoms with E-state index in [2.05, 4.69) is 6.92 Å². The highest BCUT2D eigenvalue weighted by Crippen LogP contribution is 2.24. The van der Waals surface area contributed by atoms with Crippen molar-refractivity contribution in [1.29, 1.82) is 0 Å². The molecule has 0 aliphatic rings. The SMILES string of the molecule is CCCCC[C@@H](O)[C@H](O)C=Cc1ccccc1[C@@H](O)CCCC(=O)O. The molecule has 0 aliphatic carbocycles. The second-order valence-corrected chi connectivity index (χ2v) is 6.34. The van der Waals surface area contributed by atoms with Gasteiger partial charge in [-0.2, -0.15) is 0 Å². The Morgan fingerprint density at radius 3 is 2.48 bits per heavy atom. The molecule has 0 radical (unpaired) electrons. The zero-order chi connectivity index (χ0) is 18.7. The van der Waals surface area contributed by atoms with Crippen molar-refractivity contribution >= 4 is 12.0 Å². The van der Waals surface area contributed by atoms with Crippen LogP contribution in [0.5, 0.6) is 0 Å². The van der Waals surface area contributed by atoms with Gasteiger partial charge >= 0.3 is 5.97 Å². The van der Waals surface area contributed by atoms with E-state index in [1.165, 1.54) is 0 Å². The highest BCUT2D eigenvalue weighted by Gasteiger charge is 2.14. The minimum absolute atomic E-state index is 0.0255. The van der Waals surface area contributed by atoms with E-state index < -0.39 is 24.3 Å². The van der Waals surface area contributed by atoms with Crippen LogP contribution in [0.15, 0.2) is 30.3 Å². The standard InChI is InChI=1S/C20H30O5/c1-2-3-4-10-18(22)19(23)14-13-15-8-5-6-9-16(15)17(21)11-7-12-20(24)25/h5-6,8-9,13-14,17-19,21-23H,2-4,7,10-12H2,1H3,(H,24,25)/t17-,18+,19+/m0/s1. The molecule has 0 saturated carbocycles. The van der Waals surface area contributed by atoms with Crippen LogP contribution in [-0.2, 0) is 4.79 Å². The first-order chi connectivity index (χ1) is 12.0. The quantitative estimate of drug-likeness (QED) is 0.434. The van der Waals surface area contributed by atoms with Crippen LogP contribution in [0.3, 0.4) is 0 Å². The van der Waals surface area contributed by atoms with E-state index in [-0.39, 0.29) is 6.42 Å². The van der Waals surface area contributed by atoms with Crippen molar-refractivity contribution < 1.29 is 25.2 Å². The number of aliphatic hydroxyl groups is 3. The minimum Gasteiger partial charge on any atom is -0.481 e. The number of aliphatic carboxylic acids is 1. The Kier molecular flexibility index (Phi) is 10.1. The number of carbonyl (C=O) groups is 1. The van der Waals surface area contributed by atoms with Crippen LogP contribution < -0.4 is 0 Å². The largest absolute Gasteiger partial charge is 0.481 e. The summed E-state index contributed by atoms with van der Waals surface area (Å²) in [4.78, 5) is 10.6. The van der Waals surface area contributed by atoms with Gasteiger partial charge < -0.3 is 20.4 Å². The lowest BCUT2D eigenvalue weighted by atomic mass is 9.97. The van der Waals surface area contributed by atoms with Crippen molar-refractivity contribution in [3.63, 3.8) is 0 Å². The molecule has 0 fully saturated rings. The lowest BCUT2D eigenvalue weighted by Crippen LogP contribution is -2.23. The molecule has 0 bridgehead atoms. The fraction of sp³-hybridized carbons (Fsp3) is 0.550. The minimum atomic E-state index is -0.950. The van der Waals surface area contributed by atoms with E-state index in [1.54, 1.807) is 18.2 Å². The summed E-state index contributed by atoms with van der Waals surface area (Å²) in [5, 5.41) is 39.0. The van der Waals surface area contributed by atoms with E-state index in [0.29, 0.717) is 24.8 Å². The van der Waals surface area contributed by atoms with E-state index in [0.717, 1.165) is 24.8 Å². The Labute approximate surface area is 149 Å². The Morgan fingerprint density at radius 2 is 1.80 bits per heavy atom. The summed E-state index contributed by atoms with van der Waals surface area (Å²) >= 11 is 0. The molecule has 1 rings (SSSR count). The first kappa shape index (κ1) is 21.4. The van der Waals surface area contributed by atoms with Gasteiger partial charge in [0.25, 0.3) is 0 Å². The Bertz CT molecular complexity index is 541. The summed E-state index contributed by atoms with van der Waals surface area (Å²) < 4.78 is 0. The molecule has 1 aromatic rings. The average molecular weight is 350 g/mol. The number of carboxylic acid groups (broad SMARTS) is 1. The predicted molar refractivity (Wildman–Crippen MR) is 98.1 cm³/mol. The highest BCUT2D eigenvalue weighted by atomic mass is 16.4. The van der Waals surface area contributed by atoms with Gasteiger partial charge in [-0.25, -0.2) is 0 Å². The molecule has 0 saturated heterocycles. The molecule has 0 aliphatic heterocycles. The second kappa shape index (κ2) is 11.8. The smallest absolute Gasteiger partial charge is 0.303 e. The highest BCUT2D eigenvalue weighted by molar-refractivity contribution is 5.66. The van der Waals surface area contributed by atoms with E-state index in [9.17, 15) is 20.1 Å². The van der Waals surface area contributed by atoms with E-state index in [1.807, 2.05) is 18.2 Å². The van der Waals surface area contributed by atoms with Crippen molar-refractivity contribution in [3.05, 3.63) is 41.5 Å². The molecule has 0 aromatic heterocycles. The molecule has 0 amide bonds. The van der Waals surface area contributed by atoms with Crippen LogP contribution in [0.1, 0.15) is 69.1 Å². The molecule has 5 heteroatoms. The number of hydrogen-bond acceptors (Lipinski definition) is 4. The van der Waals surface area contributed by atoms with Gasteiger partial charge in [0.1, 0.15) is 0 Å². The third-order valence-corrected chi connectivity index (χ3v) is 4.19. The summed E-state index contributed by atoms with van der Waals surface area (Å²) in [7, 11) is 0. The molecule has 5 nitrogen and oxygen atoms in total. The van der Waals surface area contributed by atoms with Crippen molar-refractivity contribution in [1.82, 2.24) is 0 Å². The zero-order valence-corrected chi connectivity index (χ0v) is 14.8. The lowest BCUT2D eigenvalue weighted by Gasteiger charge is -2.16. The normalized spacial score (nSPS) is 15.2. The fourth-order valence-electron chi connectivity index (χ4n) is 2.67. The van der Waals surface area contributed by atoms with Gasteiger partial charge in [0.05, 0.1) is 18.3 Å². The monoisotopic (exact) mass is 350 g/mol. The Morgan fingerprint density at radius 1 is 1.08 bits per heavy atom. The van der Waals surface area contributed by atoms with Crippen LogP contribution in [0.4, 0.5) is 0 Å². The predicted octanol–water partition coefficient (Wildman–Crippen LogP) is 3.29. The molecule has 3 atom stereocenters. The number of unbranched alkanes of at least 4 members (excludes halogenated alkanes) is 2. The maximum absolute atomic E-state index is 10.6. The summed E-state index contributed by atoms with van der Waals surface area (Å²) in [6, 6.07) is 7.25. The number of hydrogen-bond donors (Lipinski definition) is 4. The average Bonchev–Trinajstić information content (AvgIpc) is 2.59. The Hall–Kier alpha value is -1.69. The van der Waals surface area contributed by atoms with Crippen molar-refractivity contribution in [2.75, 3.05) is 0 Å². The van der Waals surface area contributed by atoms with Gasteiger partial charge in [-0.05, 0) is 30.4 Å². The van der Waals surface area contributed by atoms with Crippen LogP contribution in [0, 0.1) is 0 Å². The molecule has 0 heterocycles. The van der Waals surface area contributed by atoms with Gasteiger partial charge in [0.15, 0.2) is 0 Å². The zero-order valence-electron chi connectivity index (χ0n) is 14.8. The molecular formula is C20H30O5. The van der Waals surface area contributed by atoms with Crippen molar-refractivity contribution in [2.24, 2.45) is 0 Å². The molecular weight excluding hydrogens is 320 g/mol. The van der Waals surface area contributed by atoms with Crippen LogP contribution >= 0.6 is 0 Å². The topological polar surface area (TPSA) is 98.0 Å². The van der Waals surface area contributed by atoms with Gasteiger partial charge in [0, 0.05) is 6.42 Å². The van der Waals surface area contributed by atoms with Gasteiger partial charge in [0.2, 0.25) is 0 Å². The maximum atomic E-state index is 10.6. The van der Waals surface area contributed by atoms with Crippen molar-refractivity contribution in [3.8, 4) is 0 Å². The lowest BCUT2D eigenvalue weighted by molar-refractivity contribution is -0.137. The van der Waals surface area contributed by atoms with Crippen LogP contribution in [0.2, 0.25) is 0 Å². The van der Waals surface area contributed by atoms with Gasteiger partial charge in [-0.3, -0.25) is 4.79 Å².